The second-order valence-electron chi connectivity index (χ2n) is 7.38. The van der Waals surface area contributed by atoms with Gasteiger partial charge in [0.1, 0.15) is 23.9 Å². The fourth-order valence-electron chi connectivity index (χ4n) is 3.44. The van der Waals surface area contributed by atoms with Gasteiger partial charge in [-0.2, -0.15) is 5.10 Å². The summed E-state index contributed by atoms with van der Waals surface area (Å²) >= 11 is 6.17. The number of benzene rings is 2. The Morgan fingerprint density at radius 3 is 2.88 bits per heavy atom. The van der Waals surface area contributed by atoms with E-state index >= 15 is 0 Å². The summed E-state index contributed by atoms with van der Waals surface area (Å²) in [5.41, 5.74) is 4.55. The van der Waals surface area contributed by atoms with Crippen LogP contribution in [0, 0.1) is 6.92 Å². The molecule has 7 nitrogen and oxygen atoms in total. The van der Waals surface area contributed by atoms with Crippen molar-refractivity contribution in [2.24, 2.45) is 5.10 Å². The Balaban J connectivity index is 1.33. The lowest BCUT2D eigenvalue weighted by atomic mass is 10.2. The van der Waals surface area contributed by atoms with Gasteiger partial charge in [0, 0.05) is 24.2 Å². The number of ether oxygens (including phenoxy) is 1. The summed E-state index contributed by atoms with van der Waals surface area (Å²) in [7, 11) is 0. The molecular weight excluding hydrogens is 430 g/mol. The molecule has 1 saturated heterocycles. The van der Waals surface area contributed by atoms with E-state index in [1.807, 2.05) is 25.1 Å². The average molecular weight is 452 g/mol. The van der Waals surface area contributed by atoms with Gasteiger partial charge in [0.2, 0.25) is 5.91 Å². The molecule has 2 aromatic carbocycles. The number of carbonyl (C=O) groups is 2. The number of aryl methyl sites for hydroxylation is 1. The lowest BCUT2D eigenvalue weighted by Gasteiger charge is -2.16. The molecular formula is C24H22ClN3O4. The predicted octanol–water partition coefficient (Wildman–Crippen LogP) is 4.71. The van der Waals surface area contributed by atoms with Crippen molar-refractivity contribution in [1.82, 2.24) is 5.43 Å². The van der Waals surface area contributed by atoms with Gasteiger partial charge in [-0.1, -0.05) is 29.8 Å². The third-order valence-electron chi connectivity index (χ3n) is 5.06. The number of nitrogens with zero attached hydrogens (tertiary/aromatic N) is 2. The quantitative estimate of drug-likeness (QED) is 0.416. The summed E-state index contributed by atoms with van der Waals surface area (Å²) in [5.74, 6) is 1.38. The molecule has 0 radical (unpaired) electrons. The van der Waals surface area contributed by atoms with E-state index in [0.717, 1.165) is 12.0 Å². The summed E-state index contributed by atoms with van der Waals surface area (Å²) in [4.78, 5) is 26.0. The first kappa shape index (κ1) is 21.6. The van der Waals surface area contributed by atoms with Gasteiger partial charge in [-0.25, -0.2) is 5.43 Å². The van der Waals surface area contributed by atoms with E-state index in [-0.39, 0.29) is 18.4 Å². The zero-order chi connectivity index (χ0) is 22.5. The summed E-state index contributed by atoms with van der Waals surface area (Å²) in [6, 6.07) is 16.0. The Kier molecular flexibility index (Phi) is 6.56. The van der Waals surface area contributed by atoms with E-state index in [4.69, 9.17) is 20.8 Å². The lowest BCUT2D eigenvalue weighted by Crippen LogP contribution is -2.24. The van der Waals surface area contributed by atoms with Gasteiger partial charge in [0.15, 0.2) is 0 Å². The smallest absolute Gasteiger partial charge is 0.271 e. The maximum atomic E-state index is 12.4. The largest absolute Gasteiger partial charge is 0.484 e. The maximum Gasteiger partial charge on any atom is 0.271 e. The SMILES string of the molecule is Cc1cccc(Cl)c1OCc1ccc(/C=N\NC(=O)c2cccc(N3CCCC3=O)c2)o1. The minimum atomic E-state index is -0.376. The first-order valence-electron chi connectivity index (χ1n) is 10.2. The van der Waals surface area contributed by atoms with Gasteiger partial charge >= 0.3 is 0 Å². The van der Waals surface area contributed by atoms with Gasteiger partial charge in [-0.15, -0.1) is 0 Å². The zero-order valence-corrected chi connectivity index (χ0v) is 18.3. The van der Waals surface area contributed by atoms with Crippen LogP contribution in [0.25, 0.3) is 0 Å². The molecule has 0 saturated carbocycles. The molecule has 32 heavy (non-hydrogen) atoms. The number of hydrogen-bond donors (Lipinski definition) is 1. The number of furan rings is 1. The number of anilines is 1. The molecule has 3 aromatic rings. The highest BCUT2D eigenvalue weighted by Crippen LogP contribution is 2.28. The first-order chi connectivity index (χ1) is 15.5. The number of nitrogens with one attached hydrogen (secondary N) is 1. The number of halogens is 1. The van der Waals surface area contributed by atoms with Crippen LogP contribution in [0.5, 0.6) is 5.75 Å². The molecule has 0 bridgehead atoms. The van der Waals surface area contributed by atoms with Gasteiger partial charge in [-0.3, -0.25) is 9.59 Å². The fourth-order valence-corrected chi connectivity index (χ4v) is 3.72. The summed E-state index contributed by atoms with van der Waals surface area (Å²) < 4.78 is 11.4. The van der Waals surface area contributed by atoms with Crippen LogP contribution in [0.3, 0.4) is 0 Å². The van der Waals surface area contributed by atoms with Gasteiger partial charge in [0.05, 0.1) is 11.2 Å². The second-order valence-corrected chi connectivity index (χ2v) is 7.78. The molecule has 1 aliphatic rings. The molecule has 0 unspecified atom stereocenters. The number of hydrazone groups is 1. The molecule has 0 spiro atoms. The van der Waals surface area contributed by atoms with Gasteiger partial charge < -0.3 is 14.1 Å². The molecule has 1 aromatic heterocycles. The Bertz CT molecular complexity index is 1150. The van der Waals surface area contributed by atoms with E-state index in [9.17, 15) is 9.59 Å². The second kappa shape index (κ2) is 9.70. The molecule has 2 heterocycles. The Morgan fingerprint density at radius 2 is 2.09 bits per heavy atom. The van der Waals surface area contributed by atoms with E-state index in [2.05, 4.69) is 10.5 Å². The van der Waals surface area contributed by atoms with Crippen LogP contribution in [0.2, 0.25) is 5.02 Å². The number of carbonyl (C=O) groups excluding carboxylic acids is 2. The van der Waals surface area contributed by atoms with Crippen molar-refractivity contribution in [3.8, 4) is 5.75 Å². The van der Waals surface area contributed by atoms with Crippen molar-refractivity contribution in [3.63, 3.8) is 0 Å². The predicted molar refractivity (Wildman–Crippen MR) is 122 cm³/mol. The Hall–Kier alpha value is -3.58. The van der Waals surface area contributed by atoms with E-state index in [0.29, 0.717) is 46.5 Å². The molecule has 0 aliphatic carbocycles. The molecule has 1 N–H and O–H groups in total. The molecule has 4 rings (SSSR count). The number of hydrogen-bond acceptors (Lipinski definition) is 5. The van der Waals surface area contributed by atoms with Gasteiger partial charge in [-0.05, 0) is 55.3 Å². The van der Waals surface area contributed by atoms with Crippen molar-refractivity contribution in [2.45, 2.75) is 26.4 Å². The highest BCUT2D eigenvalue weighted by molar-refractivity contribution is 6.32. The van der Waals surface area contributed by atoms with Gasteiger partial charge in [0.25, 0.3) is 5.91 Å². The van der Waals surface area contributed by atoms with Crippen LogP contribution in [0.1, 0.15) is 40.3 Å². The van der Waals surface area contributed by atoms with Crippen LogP contribution >= 0.6 is 11.6 Å². The third-order valence-corrected chi connectivity index (χ3v) is 5.35. The number of para-hydroxylation sites is 1. The van der Waals surface area contributed by atoms with E-state index in [1.165, 1.54) is 6.21 Å². The highest BCUT2D eigenvalue weighted by atomic mass is 35.5. The normalized spacial score (nSPS) is 13.7. The van der Waals surface area contributed by atoms with Crippen LogP contribution in [-0.4, -0.2) is 24.6 Å². The maximum absolute atomic E-state index is 12.4. The lowest BCUT2D eigenvalue weighted by molar-refractivity contribution is -0.117. The molecule has 164 valence electrons. The fraction of sp³-hybridized carbons (Fsp3) is 0.208. The zero-order valence-electron chi connectivity index (χ0n) is 17.5. The van der Waals surface area contributed by atoms with Crippen molar-refractivity contribution in [3.05, 3.63) is 82.3 Å². The number of amides is 2. The standard InChI is InChI=1S/C24H22ClN3O4/c1-16-5-2-8-21(25)23(16)31-15-20-11-10-19(32-20)14-26-27-24(30)17-6-3-7-18(13-17)28-12-4-9-22(28)29/h2-3,5-8,10-11,13-14H,4,9,12,15H2,1H3,(H,27,30)/b26-14-. The van der Waals surface area contributed by atoms with Crippen LogP contribution < -0.4 is 15.1 Å². The first-order valence-corrected chi connectivity index (χ1v) is 10.6. The minimum absolute atomic E-state index is 0.0721. The van der Waals surface area contributed by atoms with E-state index in [1.54, 1.807) is 41.3 Å². The molecule has 1 aliphatic heterocycles. The molecule has 8 heteroatoms. The summed E-state index contributed by atoms with van der Waals surface area (Å²) in [6.07, 6.45) is 2.78. The molecule has 0 atom stereocenters. The topological polar surface area (TPSA) is 84.1 Å². The van der Waals surface area contributed by atoms with E-state index < -0.39 is 0 Å². The Morgan fingerprint density at radius 1 is 1.25 bits per heavy atom. The van der Waals surface area contributed by atoms with Crippen molar-refractivity contribution >= 4 is 35.3 Å². The monoisotopic (exact) mass is 451 g/mol. The van der Waals surface area contributed by atoms with Crippen LogP contribution in [0.15, 0.2) is 64.1 Å². The molecule has 2 amide bonds. The summed E-state index contributed by atoms with van der Waals surface area (Å²) in [6.45, 7) is 2.80. The van der Waals surface area contributed by atoms with Crippen molar-refractivity contribution in [1.29, 1.82) is 0 Å². The minimum Gasteiger partial charge on any atom is -0.484 e. The van der Waals surface area contributed by atoms with Crippen molar-refractivity contribution < 1.29 is 18.7 Å². The number of rotatable bonds is 7. The van der Waals surface area contributed by atoms with Crippen molar-refractivity contribution in [2.75, 3.05) is 11.4 Å². The highest BCUT2D eigenvalue weighted by Gasteiger charge is 2.22. The van der Waals surface area contributed by atoms with Crippen LogP contribution in [-0.2, 0) is 11.4 Å². The summed E-state index contributed by atoms with van der Waals surface area (Å²) in [5, 5.41) is 4.50. The third kappa shape index (κ3) is 5.00. The molecule has 1 fully saturated rings. The Labute approximate surface area is 190 Å². The average Bonchev–Trinajstić information content (AvgIpc) is 3.42. The van der Waals surface area contributed by atoms with Crippen LogP contribution in [0.4, 0.5) is 5.69 Å².